The van der Waals surface area contributed by atoms with E-state index in [1.807, 2.05) is 19.1 Å². The topological polar surface area (TPSA) is 101 Å². The predicted molar refractivity (Wildman–Crippen MR) is 116 cm³/mol. The van der Waals surface area contributed by atoms with Crippen molar-refractivity contribution in [2.45, 2.75) is 19.9 Å². The number of non-ortho nitro benzene ring substituents is 1. The zero-order valence-electron chi connectivity index (χ0n) is 17.2. The summed E-state index contributed by atoms with van der Waals surface area (Å²) in [5.41, 5.74) is 0.709. The molecule has 9 heteroatoms. The van der Waals surface area contributed by atoms with E-state index in [1.165, 1.54) is 36.4 Å². The molecule has 0 aromatic heterocycles. The number of hydrogen-bond donors (Lipinski definition) is 0. The molecule has 0 N–H and O–H groups in total. The van der Waals surface area contributed by atoms with Gasteiger partial charge < -0.3 is 0 Å². The first-order chi connectivity index (χ1) is 15.3. The van der Waals surface area contributed by atoms with Gasteiger partial charge in [0.05, 0.1) is 23.3 Å². The number of rotatable bonds is 5. The molecule has 3 atom stereocenters. The largest absolute Gasteiger partial charge is 0.273 e. The van der Waals surface area contributed by atoms with Gasteiger partial charge in [0.2, 0.25) is 0 Å². The minimum Gasteiger partial charge on any atom is -0.272 e. The Bertz CT molecular complexity index is 1110. The zero-order valence-corrected chi connectivity index (χ0v) is 17.9. The lowest BCUT2D eigenvalue weighted by Gasteiger charge is -2.31. The first-order valence-corrected chi connectivity index (χ1v) is 10.5. The van der Waals surface area contributed by atoms with Crippen molar-refractivity contribution in [3.8, 4) is 0 Å². The molecule has 1 saturated heterocycles. The highest BCUT2D eigenvalue weighted by atomic mass is 35.5. The van der Waals surface area contributed by atoms with Crippen LogP contribution in [0.15, 0.2) is 60.7 Å². The molecule has 2 aliphatic rings. The maximum absolute atomic E-state index is 13.4. The molecule has 164 valence electrons. The molecule has 1 fully saturated rings. The summed E-state index contributed by atoms with van der Waals surface area (Å²) in [5, 5.41) is 13.5. The number of hydrogen-bond acceptors (Lipinski definition) is 5. The van der Waals surface area contributed by atoms with Gasteiger partial charge in [-0.25, -0.2) is 5.01 Å². The molecule has 8 nitrogen and oxygen atoms in total. The normalized spacial score (nSPS) is 22.1. The Hall–Kier alpha value is -3.52. The minimum atomic E-state index is -0.541. The molecular formula is C23H20ClN3O5. The first kappa shape index (κ1) is 21.7. The van der Waals surface area contributed by atoms with Crippen molar-refractivity contribution < 1.29 is 19.3 Å². The highest BCUT2D eigenvalue weighted by Gasteiger charge is 2.53. The van der Waals surface area contributed by atoms with Crippen molar-refractivity contribution in [2.24, 2.45) is 17.8 Å². The molecule has 0 saturated carbocycles. The molecule has 4 rings (SSSR count). The van der Waals surface area contributed by atoms with Crippen LogP contribution in [0.2, 0.25) is 5.02 Å². The van der Waals surface area contributed by atoms with Gasteiger partial charge >= 0.3 is 0 Å². The van der Waals surface area contributed by atoms with E-state index in [9.17, 15) is 24.5 Å². The van der Waals surface area contributed by atoms with E-state index >= 15 is 0 Å². The summed E-state index contributed by atoms with van der Waals surface area (Å²) in [6.45, 7) is 1.78. The van der Waals surface area contributed by atoms with Gasteiger partial charge in [-0.2, -0.15) is 5.01 Å². The second-order valence-corrected chi connectivity index (χ2v) is 8.37. The summed E-state index contributed by atoms with van der Waals surface area (Å²) >= 11 is 5.93. The summed E-state index contributed by atoms with van der Waals surface area (Å²) in [5.74, 6) is -2.53. The Morgan fingerprint density at radius 1 is 1.12 bits per heavy atom. The summed E-state index contributed by atoms with van der Waals surface area (Å²) < 4.78 is 0. The monoisotopic (exact) mass is 453 g/mol. The molecule has 1 aliphatic carbocycles. The maximum atomic E-state index is 13.4. The van der Waals surface area contributed by atoms with Crippen molar-refractivity contribution in [3.05, 3.63) is 86.9 Å². The molecular weight excluding hydrogens is 434 g/mol. The maximum Gasteiger partial charge on any atom is 0.273 e. The van der Waals surface area contributed by atoms with Crippen LogP contribution in [0.4, 0.5) is 5.69 Å². The number of carbonyl (C=O) groups excluding carboxylic acids is 3. The van der Waals surface area contributed by atoms with Gasteiger partial charge in [-0.1, -0.05) is 42.8 Å². The number of halogens is 1. The molecule has 1 aliphatic heterocycles. The second kappa shape index (κ2) is 8.55. The van der Waals surface area contributed by atoms with Gasteiger partial charge in [-0.15, -0.1) is 0 Å². The Morgan fingerprint density at radius 3 is 2.38 bits per heavy atom. The van der Waals surface area contributed by atoms with Gasteiger partial charge in [0.25, 0.3) is 23.4 Å². The van der Waals surface area contributed by atoms with Crippen molar-refractivity contribution in [1.29, 1.82) is 0 Å². The van der Waals surface area contributed by atoms with Crippen LogP contribution in [0.5, 0.6) is 0 Å². The van der Waals surface area contributed by atoms with Crippen LogP contribution in [-0.4, -0.2) is 32.7 Å². The predicted octanol–water partition coefficient (Wildman–Crippen LogP) is 4.00. The summed E-state index contributed by atoms with van der Waals surface area (Å²) in [6, 6.07) is 11.8. The number of carbonyl (C=O) groups is 3. The van der Waals surface area contributed by atoms with Crippen LogP contribution in [-0.2, 0) is 16.1 Å². The number of nitro benzene ring substituents is 1. The van der Waals surface area contributed by atoms with Gasteiger partial charge in [0.15, 0.2) is 0 Å². The Morgan fingerprint density at radius 2 is 1.78 bits per heavy atom. The van der Waals surface area contributed by atoms with Crippen molar-refractivity contribution in [1.82, 2.24) is 10.0 Å². The second-order valence-electron chi connectivity index (χ2n) is 7.94. The Kier molecular flexibility index (Phi) is 5.80. The lowest BCUT2D eigenvalue weighted by Crippen LogP contribution is -2.50. The average Bonchev–Trinajstić information content (AvgIpc) is 3.03. The Balaban J connectivity index is 1.71. The van der Waals surface area contributed by atoms with Crippen LogP contribution in [0.1, 0.15) is 29.3 Å². The molecule has 0 radical (unpaired) electrons. The minimum absolute atomic E-state index is 0.0939. The van der Waals surface area contributed by atoms with Crippen LogP contribution in [0.3, 0.4) is 0 Å². The SMILES string of the molecule is C[C@@H]1C=CC[C@@H]2C(=O)N(N(Cc3ccc([N+](=O)[O-])cc3)C(=O)c3ccc(Cl)cc3)C(=O)[C@H]12. The third-order valence-electron chi connectivity index (χ3n) is 5.90. The Labute approximate surface area is 189 Å². The van der Waals surface area contributed by atoms with Gasteiger partial charge in [-0.3, -0.25) is 24.5 Å². The number of allylic oxidation sites excluding steroid dienone is 2. The molecule has 0 unspecified atom stereocenters. The summed E-state index contributed by atoms with van der Waals surface area (Å²) in [6.07, 6.45) is 4.25. The highest BCUT2D eigenvalue weighted by Crippen LogP contribution is 2.39. The van der Waals surface area contributed by atoms with Gasteiger partial charge in [0.1, 0.15) is 0 Å². The molecule has 0 bridgehead atoms. The number of hydrazine groups is 1. The van der Waals surface area contributed by atoms with E-state index in [2.05, 4.69) is 0 Å². The highest BCUT2D eigenvalue weighted by molar-refractivity contribution is 6.30. The fraction of sp³-hybridized carbons (Fsp3) is 0.261. The fourth-order valence-electron chi connectivity index (χ4n) is 4.24. The van der Waals surface area contributed by atoms with Crippen LogP contribution in [0.25, 0.3) is 0 Å². The number of fused-ring (bicyclic) bond motifs is 1. The van der Waals surface area contributed by atoms with E-state index < -0.39 is 34.5 Å². The van der Waals surface area contributed by atoms with E-state index in [0.717, 1.165) is 10.0 Å². The third-order valence-corrected chi connectivity index (χ3v) is 6.15. The number of benzene rings is 2. The smallest absolute Gasteiger partial charge is 0.272 e. The summed E-state index contributed by atoms with van der Waals surface area (Å²) in [7, 11) is 0. The van der Waals surface area contributed by atoms with Crippen molar-refractivity contribution in [3.63, 3.8) is 0 Å². The van der Waals surface area contributed by atoms with Gasteiger partial charge in [0, 0.05) is 22.7 Å². The number of nitrogens with zero attached hydrogens (tertiary/aromatic N) is 3. The first-order valence-electron chi connectivity index (χ1n) is 10.1. The van der Waals surface area contributed by atoms with E-state index in [1.54, 1.807) is 12.1 Å². The van der Waals surface area contributed by atoms with Gasteiger partial charge in [-0.05, 0) is 42.2 Å². The third kappa shape index (κ3) is 3.89. The molecule has 2 aromatic carbocycles. The number of amides is 3. The molecule has 2 aromatic rings. The van der Waals surface area contributed by atoms with Crippen LogP contribution < -0.4 is 0 Å². The zero-order chi connectivity index (χ0) is 23.0. The van der Waals surface area contributed by atoms with E-state index in [0.29, 0.717) is 17.0 Å². The average molecular weight is 454 g/mol. The van der Waals surface area contributed by atoms with E-state index in [-0.39, 0.29) is 23.7 Å². The molecule has 1 heterocycles. The number of nitro groups is 1. The van der Waals surface area contributed by atoms with E-state index in [4.69, 9.17) is 11.6 Å². The molecule has 32 heavy (non-hydrogen) atoms. The van der Waals surface area contributed by atoms with Crippen molar-refractivity contribution in [2.75, 3.05) is 0 Å². The fourth-order valence-corrected chi connectivity index (χ4v) is 4.37. The lowest BCUT2D eigenvalue weighted by atomic mass is 9.78. The quantitative estimate of drug-likeness (QED) is 0.295. The number of imide groups is 1. The summed E-state index contributed by atoms with van der Waals surface area (Å²) in [4.78, 5) is 50.4. The standard InChI is InChI=1S/C23H20ClN3O5/c1-14-3-2-4-19-20(14)23(30)26(22(19)29)25(21(28)16-7-9-17(24)10-8-16)13-15-5-11-18(12-6-15)27(31)32/h2-3,5-12,14,19-20H,4,13H2,1H3/t14-,19+,20-/m1/s1. The van der Waals surface area contributed by atoms with Crippen LogP contribution >= 0.6 is 11.6 Å². The molecule has 3 amide bonds. The lowest BCUT2D eigenvalue weighted by molar-refractivity contribution is -0.384. The van der Waals surface area contributed by atoms with Crippen molar-refractivity contribution >= 4 is 35.0 Å². The molecule has 0 spiro atoms. The van der Waals surface area contributed by atoms with Crippen LogP contribution in [0, 0.1) is 27.9 Å².